The Morgan fingerprint density at radius 2 is 1.92 bits per heavy atom. The quantitative estimate of drug-likeness (QED) is 0.654. The second-order valence-electron chi connectivity index (χ2n) is 6.86. The molecule has 0 spiro atoms. The molecule has 1 aromatic rings. The number of carbonyl (C=O) groups is 2. The fourth-order valence-corrected chi connectivity index (χ4v) is 3.48. The Morgan fingerprint density at radius 1 is 1.29 bits per heavy atom. The molecule has 0 aliphatic carbocycles. The number of piperidine rings is 1. The molecule has 0 saturated carbocycles. The monoisotopic (exact) mass is 464 g/mol. The van der Waals surface area contributed by atoms with E-state index in [1.807, 2.05) is 26.8 Å². The van der Waals surface area contributed by atoms with E-state index in [2.05, 4.69) is 27.9 Å². The zero-order valence-electron chi connectivity index (χ0n) is 14.1. The highest BCUT2D eigenvalue weighted by Crippen LogP contribution is 2.25. The van der Waals surface area contributed by atoms with Crippen LogP contribution < -0.4 is 5.32 Å². The van der Waals surface area contributed by atoms with Crippen LogP contribution in [0.3, 0.4) is 0 Å². The predicted octanol–water partition coefficient (Wildman–Crippen LogP) is 4.53. The normalized spacial score (nSPS) is 16.0. The third kappa shape index (κ3) is 5.51. The Hall–Kier alpha value is -1.02. The van der Waals surface area contributed by atoms with Crippen molar-refractivity contribution in [2.24, 2.45) is 5.92 Å². The van der Waals surface area contributed by atoms with E-state index in [0.717, 1.165) is 9.26 Å². The summed E-state index contributed by atoms with van der Waals surface area (Å²) in [7, 11) is 0. The topological polar surface area (TPSA) is 58.6 Å². The fraction of sp³-hybridized carbons (Fsp3) is 0.529. The number of carbonyl (C=O) groups excluding carboxylic acids is 2. The lowest BCUT2D eigenvalue weighted by atomic mass is 9.96. The summed E-state index contributed by atoms with van der Waals surface area (Å²) in [5.41, 5.74) is 0.260. The molecule has 24 heavy (non-hydrogen) atoms. The second kappa shape index (κ2) is 7.91. The first-order valence-electron chi connectivity index (χ1n) is 7.89. The van der Waals surface area contributed by atoms with Gasteiger partial charge >= 0.3 is 6.09 Å². The number of rotatable bonds is 2. The van der Waals surface area contributed by atoms with Crippen molar-refractivity contribution in [1.82, 2.24) is 4.90 Å². The zero-order valence-corrected chi connectivity index (χ0v) is 17.0. The minimum absolute atomic E-state index is 0.0147. The first-order chi connectivity index (χ1) is 11.2. The maximum atomic E-state index is 12.4. The van der Waals surface area contributed by atoms with Crippen molar-refractivity contribution in [3.05, 3.63) is 26.8 Å². The summed E-state index contributed by atoms with van der Waals surface area (Å²) in [6.45, 7) is 6.60. The molecule has 0 aromatic heterocycles. The summed E-state index contributed by atoms with van der Waals surface area (Å²) in [6, 6.07) is 5.37. The summed E-state index contributed by atoms with van der Waals surface area (Å²) >= 11 is 8.07. The fourth-order valence-electron chi connectivity index (χ4n) is 2.48. The Kier molecular flexibility index (Phi) is 6.36. The van der Waals surface area contributed by atoms with Crippen LogP contribution >= 0.6 is 34.2 Å². The van der Waals surface area contributed by atoms with Crippen molar-refractivity contribution in [3.8, 4) is 0 Å². The summed E-state index contributed by atoms with van der Waals surface area (Å²) in [6.07, 6.45) is 0.957. The molecule has 0 radical (unpaired) electrons. The molecule has 0 atom stereocenters. The van der Waals surface area contributed by atoms with Crippen molar-refractivity contribution in [2.45, 2.75) is 39.2 Å². The lowest BCUT2D eigenvalue weighted by Crippen LogP contribution is -2.43. The van der Waals surface area contributed by atoms with Crippen LogP contribution in [0.1, 0.15) is 33.6 Å². The van der Waals surface area contributed by atoms with Gasteiger partial charge < -0.3 is 15.0 Å². The number of ether oxygens (including phenoxy) is 1. The highest BCUT2D eigenvalue weighted by atomic mass is 127. The second-order valence-corrected chi connectivity index (χ2v) is 8.45. The van der Waals surface area contributed by atoms with Gasteiger partial charge in [-0.1, -0.05) is 11.6 Å². The molecule has 7 heteroatoms. The van der Waals surface area contributed by atoms with Gasteiger partial charge in [-0.05, 0) is 74.4 Å². The Labute approximate surface area is 161 Å². The van der Waals surface area contributed by atoms with E-state index in [1.165, 1.54) is 0 Å². The standard InChI is InChI=1S/C17H22ClIN2O3/c1-17(2,3)24-16(23)21-8-6-11(7-9-21)15(22)20-14-5-4-12(18)10-13(14)19/h4-5,10-11H,6-9H2,1-3H3,(H,20,22). The van der Waals surface area contributed by atoms with E-state index in [1.54, 1.807) is 17.0 Å². The minimum Gasteiger partial charge on any atom is -0.444 e. The van der Waals surface area contributed by atoms with Gasteiger partial charge in [0.15, 0.2) is 0 Å². The van der Waals surface area contributed by atoms with E-state index >= 15 is 0 Å². The molecule has 1 N–H and O–H groups in total. The van der Waals surface area contributed by atoms with Gasteiger partial charge in [0.05, 0.1) is 5.69 Å². The molecule has 0 unspecified atom stereocenters. The Bertz CT molecular complexity index is 623. The number of nitrogens with zero attached hydrogens (tertiary/aromatic N) is 1. The number of nitrogens with one attached hydrogen (secondary N) is 1. The molecule has 1 aliphatic heterocycles. The van der Waals surface area contributed by atoms with Gasteiger partial charge in [0.1, 0.15) is 5.60 Å². The first-order valence-corrected chi connectivity index (χ1v) is 9.35. The van der Waals surface area contributed by atoms with Crippen molar-refractivity contribution >= 4 is 51.9 Å². The number of hydrogen-bond acceptors (Lipinski definition) is 3. The van der Waals surface area contributed by atoms with Crippen LogP contribution in [0, 0.1) is 9.49 Å². The molecule has 5 nitrogen and oxygen atoms in total. The van der Waals surface area contributed by atoms with Crippen LogP contribution in [0.2, 0.25) is 5.02 Å². The number of likely N-dealkylation sites (tertiary alicyclic amines) is 1. The maximum absolute atomic E-state index is 12.4. The molecule has 132 valence electrons. The highest BCUT2D eigenvalue weighted by molar-refractivity contribution is 14.1. The highest BCUT2D eigenvalue weighted by Gasteiger charge is 2.30. The number of anilines is 1. The summed E-state index contributed by atoms with van der Waals surface area (Å²) in [4.78, 5) is 26.1. The van der Waals surface area contributed by atoms with Crippen molar-refractivity contribution < 1.29 is 14.3 Å². The van der Waals surface area contributed by atoms with Crippen molar-refractivity contribution in [3.63, 3.8) is 0 Å². The number of hydrogen-bond donors (Lipinski definition) is 1. The molecule has 1 aliphatic rings. The van der Waals surface area contributed by atoms with Gasteiger partial charge in [0.25, 0.3) is 0 Å². The molecule has 1 heterocycles. The Balaban J connectivity index is 1.87. The summed E-state index contributed by atoms with van der Waals surface area (Å²) < 4.78 is 6.27. The van der Waals surface area contributed by atoms with E-state index in [4.69, 9.17) is 16.3 Å². The number of amides is 2. The molecule has 1 saturated heterocycles. The molecular formula is C17H22ClIN2O3. The van der Waals surface area contributed by atoms with Gasteiger partial charge in [-0.2, -0.15) is 0 Å². The average Bonchev–Trinajstić information content (AvgIpc) is 2.48. The molecule has 0 bridgehead atoms. The predicted molar refractivity (Wildman–Crippen MR) is 103 cm³/mol. The van der Waals surface area contributed by atoms with Crippen LogP contribution in [-0.2, 0) is 9.53 Å². The lowest BCUT2D eigenvalue weighted by molar-refractivity contribution is -0.121. The summed E-state index contributed by atoms with van der Waals surface area (Å²) in [5.74, 6) is -0.116. The maximum Gasteiger partial charge on any atom is 0.410 e. The van der Waals surface area contributed by atoms with Crippen LogP contribution in [0.25, 0.3) is 0 Å². The Morgan fingerprint density at radius 3 is 2.46 bits per heavy atom. The lowest BCUT2D eigenvalue weighted by Gasteiger charge is -2.33. The summed E-state index contributed by atoms with van der Waals surface area (Å²) in [5, 5.41) is 3.59. The van der Waals surface area contributed by atoms with Crippen LogP contribution in [0.5, 0.6) is 0 Å². The van der Waals surface area contributed by atoms with Gasteiger partial charge in [-0.3, -0.25) is 4.79 Å². The van der Waals surface area contributed by atoms with Crippen LogP contribution in [0.15, 0.2) is 18.2 Å². The van der Waals surface area contributed by atoms with Gasteiger partial charge in [-0.15, -0.1) is 0 Å². The van der Waals surface area contributed by atoms with Crippen molar-refractivity contribution in [1.29, 1.82) is 0 Å². The first kappa shape index (κ1) is 19.3. The molecule has 2 rings (SSSR count). The molecule has 1 aromatic carbocycles. The van der Waals surface area contributed by atoms with Gasteiger partial charge in [-0.25, -0.2) is 4.79 Å². The third-order valence-corrected chi connectivity index (χ3v) is 4.83. The van der Waals surface area contributed by atoms with Gasteiger partial charge in [0.2, 0.25) is 5.91 Å². The van der Waals surface area contributed by atoms with Crippen LogP contribution in [-0.4, -0.2) is 35.6 Å². The number of benzene rings is 1. The smallest absolute Gasteiger partial charge is 0.410 e. The largest absolute Gasteiger partial charge is 0.444 e. The van der Waals surface area contributed by atoms with Crippen molar-refractivity contribution in [2.75, 3.05) is 18.4 Å². The SMILES string of the molecule is CC(C)(C)OC(=O)N1CCC(C(=O)Nc2ccc(Cl)cc2I)CC1. The zero-order chi connectivity index (χ0) is 17.9. The number of halogens is 2. The van der Waals surface area contributed by atoms with Crippen LogP contribution in [0.4, 0.5) is 10.5 Å². The van der Waals surface area contributed by atoms with Gasteiger partial charge in [0, 0.05) is 27.6 Å². The molecular weight excluding hydrogens is 443 g/mol. The van der Waals surface area contributed by atoms with E-state index in [9.17, 15) is 9.59 Å². The van der Waals surface area contributed by atoms with E-state index in [-0.39, 0.29) is 17.9 Å². The molecule has 2 amide bonds. The van der Waals surface area contributed by atoms with E-state index in [0.29, 0.717) is 31.0 Å². The third-order valence-electron chi connectivity index (χ3n) is 3.71. The average molecular weight is 465 g/mol. The van der Waals surface area contributed by atoms with E-state index < -0.39 is 5.60 Å². The minimum atomic E-state index is -0.503. The molecule has 1 fully saturated rings.